The Labute approximate surface area is 209 Å². The molecule has 4 N–H and O–H groups in total. The Morgan fingerprint density at radius 3 is 1.47 bits per heavy atom. The monoisotopic (exact) mass is 510 g/mol. The van der Waals surface area contributed by atoms with Gasteiger partial charge in [-0.25, -0.2) is 0 Å². The first-order chi connectivity index (χ1) is 17.3. The number of aliphatic hydroxyl groups excluding tert-OH is 4. The maximum Gasteiger partial charge on any atom is 0.229 e. The molecule has 36 heavy (non-hydrogen) atoms. The fourth-order valence-corrected chi connectivity index (χ4v) is 4.04. The van der Waals surface area contributed by atoms with E-state index in [-0.39, 0.29) is 5.75 Å². The molecule has 11 heteroatoms. The van der Waals surface area contributed by atoms with Crippen molar-refractivity contribution in [2.24, 2.45) is 0 Å². The third kappa shape index (κ3) is 5.71. The van der Waals surface area contributed by atoms with Crippen LogP contribution in [0.3, 0.4) is 0 Å². The topological polar surface area (TPSA) is 146 Å². The van der Waals surface area contributed by atoms with Crippen molar-refractivity contribution in [1.29, 1.82) is 0 Å². The minimum absolute atomic E-state index is 0.140. The molecule has 1 aliphatic heterocycles. The number of benzene rings is 2. The number of aliphatic hydroxyl groups is 4. The number of hydrogen-bond donors (Lipinski definition) is 4. The van der Waals surface area contributed by atoms with E-state index in [0.29, 0.717) is 41.6 Å². The Morgan fingerprint density at radius 1 is 0.639 bits per heavy atom. The van der Waals surface area contributed by atoms with Crippen molar-refractivity contribution < 1.29 is 53.6 Å². The molecule has 0 saturated carbocycles. The molecule has 0 bridgehead atoms. The standard InChI is InChI=1S/C25H34O11/c1-30-15-8-13(9-16(31-2)23(15)34-5)6-7-14-10-17(32-3)24(18(11-14)33-4)36-25-22(29)21(28)20(27)19(12-26)35-25/h8-11,19-22,25-29H,6-7,12H2,1-5H3/t19-,20-,21+,22-,25+/m1/s1. The van der Waals surface area contributed by atoms with Gasteiger partial charge in [0.05, 0.1) is 42.2 Å². The average Bonchev–Trinajstić information content (AvgIpc) is 2.91. The average molecular weight is 511 g/mol. The molecule has 5 atom stereocenters. The van der Waals surface area contributed by atoms with Gasteiger partial charge >= 0.3 is 0 Å². The Morgan fingerprint density at radius 2 is 1.08 bits per heavy atom. The van der Waals surface area contributed by atoms with Crippen LogP contribution in [0.25, 0.3) is 0 Å². The fraction of sp³-hybridized carbons (Fsp3) is 0.520. The summed E-state index contributed by atoms with van der Waals surface area (Å²) < 4.78 is 38.5. The van der Waals surface area contributed by atoms with E-state index in [1.807, 2.05) is 12.1 Å². The molecule has 1 heterocycles. The summed E-state index contributed by atoms with van der Waals surface area (Å²) in [6, 6.07) is 7.29. The molecule has 0 aliphatic carbocycles. The van der Waals surface area contributed by atoms with Gasteiger partial charge in [0.15, 0.2) is 23.0 Å². The molecule has 200 valence electrons. The number of aryl methyl sites for hydroxylation is 2. The van der Waals surface area contributed by atoms with Crippen molar-refractivity contribution in [2.45, 2.75) is 43.5 Å². The van der Waals surface area contributed by atoms with Crippen LogP contribution in [0, 0.1) is 0 Å². The second-order valence-electron chi connectivity index (χ2n) is 8.18. The van der Waals surface area contributed by atoms with E-state index in [2.05, 4.69) is 0 Å². The lowest BCUT2D eigenvalue weighted by molar-refractivity contribution is -0.277. The maximum atomic E-state index is 10.3. The van der Waals surface area contributed by atoms with Crippen LogP contribution in [-0.2, 0) is 17.6 Å². The molecular weight excluding hydrogens is 476 g/mol. The van der Waals surface area contributed by atoms with Gasteiger partial charge < -0.3 is 53.6 Å². The van der Waals surface area contributed by atoms with E-state index in [1.54, 1.807) is 33.5 Å². The Bertz CT molecular complexity index is 959. The van der Waals surface area contributed by atoms with Crippen molar-refractivity contribution in [2.75, 3.05) is 42.2 Å². The van der Waals surface area contributed by atoms with Crippen molar-refractivity contribution in [1.82, 2.24) is 0 Å². The summed E-state index contributed by atoms with van der Waals surface area (Å²) in [6.45, 7) is -0.570. The summed E-state index contributed by atoms with van der Waals surface area (Å²) >= 11 is 0. The molecule has 0 unspecified atom stereocenters. The zero-order valence-corrected chi connectivity index (χ0v) is 21.0. The minimum atomic E-state index is -1.57. The van der Waals surface area contributed by atoms with Crippen LogP contribution < -0.4 is 28.4 Å². The normalized spacial score (nSPS) is 23.6. The summed E-state index contributed by atoms with van der Waals surface area (Å²) in [6.07, 6.45) is -5.89. The summed E-state index contributed by atoms with van der Waals surface area (Å²) in [7, 11) is 7.58. The molecule has 3 rings (SSSR count). The van der Waals surface area contributed by atoms with E-state index in [9.17, 15) is 20.4 Å². The largest absolute Gasteiger partial charge is 0.493 e. The SMILES string of the molecule is COc1cc(CCc2cc(OC)c(O[C@@H]3O[C@H](CO)[C@@H](O)[C@H](O)[C@H]3O)c(OC)c2)cc(OC)c1OC. The van der Waals surface area contributed by atoms with Gasteiger partial charge in [0.2, 0.25) is 17.8 Å². The summed E-state index contributed by atoms with van der Waals surface area (Å²) in [4.78, 5) is 0. The van der Waals surface area contributed by atoms with Crippen molar-refractivity contribution in [3.05, 3.63) is 35.4 Å². The van der Waals surface area contributed by atoms with Gasteiger partial charge in [-0.1, -0.05) is 0 Å². The van der Waals surface area contributed by atoms with Crippen molar-refractivity contribution >= 4 is 0 Å². The van der Waals surface area contributed by atoms with Crippen LogP contribution in [0.1, 0.15) is 11.1 Å². The lowest BCUT2D eigenvalue weighted by Crippen LogP contribution is -2.60. The molecule has 1 saturated heterocycles. The van der Waals surface area contributed by atoms with Gasteiger partial charge in [0, 0.05) is 0 Å². The van der Waals surface area contributed by atoms with Crippen LogP contribution in [-0.4, -0.2) is 93.3 Å². The zero-order chi connectivity index (χ0) is 26.4. The van der Waals surface area contributed by atoms with E-state index in [4.69, 9.17) is 33.2 Å². The molecule has 0 radical (unpaired) electrons. The van der Waals surface area contributed by atoms with Gasteiger partial charge in [-0.15, -0.1) is 0 Å². The highest BCUT2D eigenvalue weighted by molar-refractivity contribution is 5.55. The quantitative estimate of drug-likeness (QED) is 0.339. The van der Waals surface area contributed by atoms with E-state index < -0.39 is 37.3 Å². The van der Waals surface area contributed by atoms with Gasteiger partial charge in [-0.2, -0.15) is 0 Å². The van der Waals surface area contributed by atoms with Gasteiger partial charge in [0.1, 0.15) is 24.4 Å². The number of methoxy groups -OCH3 is 5. The summed E-state index contributed by atoms with van der Waals surface area (Å²) in [5, 5.41) is 39.8. The van der Waals surface area contributed by atoms with Crippen LogP contribution >= 0.6 is 0 Å². The smallest absolute Gasteiger partial charge is 0.229 e. The molecule has 0 spiro atoms. The third-order valence-corrected chi connectivity index (χ3v) is 6.03. The number of ether oxygens (including phenoxy) is 7. The Balaban J connectivity index is 1.84. The van der Waals surface area contributed by atoms with Gasteiger partial charge in [-0.3, -0.25) is 0 Å². The molecule has 1 aliphatic rings. The fourth-order valence-electron chi connectivity index (χ4n) is 4.04. The number of rotatable bonds is 11. The van der Waals surface area contributed by atoms with Crippen LogP contribution in [0.5, 0.6) is 34.5 Å². The molecule has 2 aromatic carbocycles. The molecular formula is C25H34O11. The van der Waals surface area contributed by atoms with Gasteiger partial charge in [-0.05, 0) is 48.2 Å². The van der Waals surface area contributed by atoms with Crippen molar-refractivity contribution in [3.63, 3.8) is 0 Å². The second kappa shape index (κ2) is 12.3. The molecule has 0 amide bonds. The molecule has 0 aromatic heterocycles. The first-order valence-corrected chi connectivity index (χ1v) is 11.3. The van der Waals surface area contributed by atoms with Crippen LogP contribution in [0.15, 0.2) is 24.3 Å². The second-order valence-corrected chi connectivity index (χ2v) is 8.18. The third-order valence-electron chi connectivity index (χ3n) is 6.03. The van der Waals surface area contributed by atoms with Crippen LogP contribution in [0.4, 0.5) is 0 Å². The minimum Gasteiger partial charge on any atom is -0.493 e. The highest BCUT2D eigenvalue weighted by Gasteiger charge is 2.45. The van der Waals surface area contributed by atoms with Crippen molar-refractivity contribution in [3.8, 4) is 34.5 Å². The maximum absolute atomic E-state index is 10.3. The highest BCUT2D eigenvalue weighted by Crippen LogP contribution is 2.42. The molecule has 2 aromatic rings. The van der Waals surface area contributed by atoms with E-state index >= 15 is 0 Å². The highest BCUT2D eigenvalue weighted by atomic mass is 16.7. The first kappa shape index (κ1) is 27.6. The Hall–Kier alpha value is -2.96. The van der Waals surface area contributed by atoms with Gasteiger partial charge in [0.25, 0.3) is 0 Å². The first-order valence-electron chi connectivity index (χ1n) is 11.3. The summed E-state index contributed by atoms with van der Waals surface area (Å²) in [5.41, 5.74) is 1.84. The Kier molecular flexibility index (Phi) is 9.46. The lowest BCUT2D eigenvalue weighted by atomic mass is 9.99. The zero-order valence-electron chi connectivity index (χ0n) is 21.0. The van der Waals surface area contributed by atoms with E-state index in [0.717, 1.165) is 11.1 Å². The lowest BCUT2D eigenvalue weighted by Gasteiger charge is -2.39. The van der Waals surface area contributed by atoms with Crippen LogP contribution in [0.2, 0.25) is 0 Å². The summed E-state index contributed by atoms with van der Waals surface area (Å²) in [5.74, 6) is 2.40. The molecule has 1 fully saturated rings. The number of hydrogen-bond acceptors (Lipinski definition) is 11. The predicted molar refractivity (Wildman–Crippen MR) is 127 cm³/mol. The predicted octanol–water partition coefficient (Wildman–Crippen LogP) is 0.693. The molecule has 11 nitrogen and oxygen atoms in total. The van der Waals surface area contributed by atoms with E-state index in [1.165, 1.54) is 14.2 Å².